The zero-order valence-corrected chi connectivity index (χ0v) is 19.7. The normalized spacial score (nSPS) is 35.1. The van der Waals surface area contributed by atoms with Gasteiger partial charge in [-0.1, -0.05) is 25.1 Å². The van der Waals surface area contributed by atoms with Gasteiger partial charge >= 0.3 is 5.97 Å². The Balaban J connectivity index is 1.80. The maximum atomic E-state index is 13.5. The van der Waals surface area contributed by atoms with Crippen LogP contribution in [0.3, 0.4) is 0 Å². The Morgan fingerprint density at radius 3 is 1.86 bits per heavy atom. The van der Waals surface area contributed by atoms with Crippen LogP contribution in [0.4, 0.5) is 0 Å². The van der Waals surface area contributed by atoms with Crippen LogP contribution in [0.15, 0.2) is 42.0 Å². The second-order valence-corrected chi connectivity index (χ2v) is 9.70. The average Bonchev–Trinajstić information content (AvgIpc) is 3.23. The lowest BCUT2D eigenvalue weighted by Gasteiger charge is -2.59. The van der Waals surface area contributed by atoms with E-state index in [1.165, 1.54) is 20.2 Å². The first kappa shape index (κ1) is 22.9. The van der Waals surface area contributed by atoms with Crippen LogP contribution in [0.5, 0.6) is 0 Å². The molecule has 2 aliphatic heterocycles. The summed E-state index contributed by atoms with van der Waals surface area (Å²) in [6.07, 6.45) is 1.41. The van der Waals surface area contributed by atoms with Gasteiger partial charge in [0.2, 0.25) is 23.6 Å². The molecule has 2 unspecified atom stereocenters. The minimum absolute atomic E-state index is 0.0168. The van der Waals surface area contributed by atoms with Crippen molar-refractivity contribution in [3.8, 4) is 0 Å². The average molecular weight is 479 g/mol. The van der Waals surface area contributed by atoms with E-state index < -0.39 is 70.1 Å². The Hall–Kier alpha value is -3.82. The molecule has 1 N–H and O–H groups in total. The molecule has 10 nitrogen and oxygen atoms in total. The largest absolute Gasteiger partial charge is 0.463 e. The molecule has 0 spiro atoms. The second kappa shape index (κ2) is 7.34. The highest BCUT2D eigenvalue weighted by Gasteiger charge is 2.80. The quantitative estimate of drug-likeness (QED) is 0.480. The van der Waals surface area contributed by atoms with E-state index >= 15 is 0 Å². The maximum absolute atomic E-state index is 13.5. The van der Waals surface area contributed by atoms with E-state index in [1.54, 1.807) is 44.2 Å². The zero-order valence-electron chi connectivity index (χ0n) is 19.7. The van der Waals surface area contributed by atoms with Gasteiger partial charge in [-0.05, 0) is 25.1 Å². The summed E-state index contributed by atoms with van der Waals surface area (Å²) in [6, 6.07) is 8.18. The predicted octanol–water partition coefficient (Wildman–Crippen LogP) is 0.140. The van der Waals surface area contributed by atoms with Crippen LogP contribution < -0.4 is 5.32 Å². The molecule has 1 saturated carbocycles. The van der Waals surface area contributed by atoms with Crippen molar-refractivity contribution in [3.05, 3.63) is 47.5 Å². The Kier molecular flexibility index (Phi) is 4.81. The fourth-order valence-electron chi connectivity index (χ4n) is 6.62. The lowest BCUT2D eigenvalue weighted by Crippen LogP contribution is -2.73. The van der Waals surface area contributed by atoms with Crippen molar-refractivity contribution in [2.24, 2.45) is 29.1 Å². The number of esters is 1. The Bertz CT molecular complexity index is 1190. The van der Waals surface area contributed by atoms with Gasteiger partial charge in [0.25, 0.3) is 5.91 Å². The van der Waals surface area contributed by atoms with Crippen molar-refractivity contribution in [1.29, 1.82) is 0 Å². The first-order valence-electron chi connectivity index (χ1n) is 11.4. The number of nitrogens with one attached hydrogen (secondary N) is 1. The van der Waals surface area contributed by atoms with E-state index in [1.807, 2.05) is 0 Å². The lowest BCUT2D eigenvalue weighted by molar-refractivity contribution is -0.157. The van der Waals surface area contributed by atoms with Gasteiger partial charge in [-0.2, -0.15) is 0 Å². The fraction of sp³-hybridized carbons (Fsp3) is 0.440. The minimum Gasteiger partial charge on any atom is -0.463 e. The first-order chi connectivity index (χ1) is 16.5. The summed E-state index contributed by atoms with van der Waals surface area (Å²) in [5.74, 6) is -8.24. The number of nitrogens with zero attached hydrogens (tertiary/aromatic N) is 2. The molecule has 6 atom stereocenters. The number of imide groups is 2. The fourth-order valence-corrected chi connectivity index (χ4v) is 6.62. The van der Waals surface area contributed by atoms with E-state index in [2.05, 4.69) is 5.32 Å². The second-order valence-electron chi connectivity index (χ2n) is 9.70. The Morgan fingerprint density at radius 2 is 1.37 bits per heavy atom. The molecule has 2 heterocycles. The zero-order chi connectivity index (χ0) is 25.4. The molecule has 2 saturated heterocycles. The van der Waals surface area contributed by atoms with Gasteiger partial charge in [0.1, 0.15) is 0 Å². The number of likely N-dealkylation sites (tertiary alicyclic amines) is 2. The SMILES string of the molecule is CCOC(=O)C1=CC2(NC(=O)c3ccccc3)[C@@H]3C(=O)N(C)C(=O)[C@@H]3C1(C)[C@@H]1C(=O)N(C)C(=O)[C@@H]12. The molecular weight excluding hydrogens is 454 g/mol. The van der Waals surface area contributed by atoms with Gasteiger partial charge in [-0.15, -0.1) is 0 Å². The third kappa shape index (κ3) is 2.65. The molecule has 3 aliphatic carbocycles. The van der Waals surface area contributed by atoms with Crippen molar-refractivity contribution in [3.63, 3.8) is 0 Å². The van der Waals surface area contributed by atoms with Gasteiger partial charge in [0.05, 0.1) is 35.8 Å². The summed E-state index contributed by atoms with van der Waals surface area (Å²) in [7, 11) is 2.65. The number of carbonyl (C=O) groups excluding carboxylic acids is 6. The molecule has 0 radical (unpaired) electrons. The number of rotatable bonds is 4. The Labute approximate surface area is 201 Å². The van der Waals surface area contributed by atoms with E-state index in [0.717, 1.165) is 9.80 Å². The van der Waals surface area contributed by atoms with Crippen LogP contribution in [0, 0.1) is 29.1 Å². The number of benzene rings is 1. The number of carbonyl (C=O) groups is 6. The van der Waals surface area contributed by atoms with Crippen LogP contribution in [0.25, 0.3) is 0 Å². The summed E-state index contributed by atoms with van der Waals surface area (Å²) in [5.41, 5.74) is -2.98. The van der Waals surface area contributed by atoms with Gasteiger partial charge in [-0.3, -0.25) is 33.8 Å². The summed E-state index contributed by atoms with van der Waals surface area (Å²) < 4.78 is 5.27. The molecule has 1 aromatic rings. The molecule has 6 rings (SSSR count). The topological polar surface area (TPSA) is 130 Å². The van der Waals surface area contributed by atoms with E-state index in [9.17, 15) is 28.8 Å². The monoisotopic (exact) mass is 479 g/mol. The summed E-state index contributed by atoms with van der Waals surface area (Å²) in [5, 5.41) is 2.84. The van der Waals surface area contributed by atoms with Crippen LogP contribution in [0.2, 0.25) is 0 Å². The first-order valence-corrected chi connectivity index (χ1v) is 11.4. The number of amides is 5. The summed E-state index contributed by atoms with van der Waals surface area (Å²) in [4.78, 5) is 82.3. The van der Waals surface area contributed by atoms with Gasteiger partial charge in [0, 0.05) is 30.6 Å². The molecule has 1 aromatic carbocycles. The highest BCUT2D eigenvalue weighted by Crippen LogP contribution is 2.67. The van der Waals surface area contributed by atoms with Crippen LogP contribution in [0.1, 0.15) is 24.2 Å². The van der Waals surface area contributed by atoms with Gasteiger partial charge in [-0.25, -0.2) is 4.79 Å². The van der Waals surface area contributed by atoms with Crippen molar-refractivity contribution in [1.82, 2.24) is 15.1 Å². The van der Waals surface area contributed by atoms with Crippen molar-refractivity contribution >= 4 is 35.5 Å². The van der Waals surface area contributed by atoms with Gasteiger partial charge < -0.3 is 10.1 Å². The van der Waals surface area contributed by atoms with Crippen molar-refractivity contribution < 1.29 is 33.5 Å². The molecule has 5 aliphatic rings. The minimum atomic E-state index is -1.78. The molecular formula is C25H25N3O7. The Morgan fingerprint density at radius 1 is 0.886 bits per heavy atom. The van der Waals surface area contributed by atoms with E-state index in [4.69, 9.17) is 4.74 Å². The molecule has 3 fully saturated rings. The smallest absolute Gasteiger partial charge is 0.334 e. The highest BCUT2D eigenvalue weighted by molar-refractivity contribution is 6.15. The molecule has 182 valence electrons. The van der Waals surface area contributed by atoms with Crippen molar-refractivity contribution in [2.45, 2.75) is 19.4 Å². The van der Waals surface area contributed by atoms with Gasteiger partial charge in [0.15, 0.2) is 0 Å². The number of hydrogen-bond acceptors (Lipinski definition) is 7. The van der Waals surface area contributed by atoms with Crippen molar-refractivity contribution in [2.75, 3.05) is 20.7 Å². The molecule has 10 heteroatoms. The molecule has 5 amide bonds. The van der Waals surface area contributed by atoms with Crippen LogP contribution in [-0.4, -0.2) is 71.5 Å². The highest BCUT2D eigenvalue weighted by atomic mass is 16.5. The molecule has 2 bridgehead atoms. The summed E-state index contributed by atoms with van der Waals surface area (Å²) >= 11 is 0. The third-order valence-corrected chi connectivity index (χ3v) is 8.20. The standard InChI is InChI=1S/C25H25N3O7/c1-5-35-23(34)13-11-25(26-18(29)12-9-7-6-8-10-12)16-14(19(30)27(3)21(16)32)24(13,2)15-17(25)22(33)28(4)20(15)31/h6-11,14-17H,5H2,1-4H3,(H,26,29)/t14-,15+,16+,17-,24?,25?. The predicted molar refractivity (Wildman–Crippen MR) is 119 cm³/mol. The number of ether oxygens (including phenoxy) is 1. The molecule has 35 heavy (non-hydrogen) atoms. The number of hydrogen-bond donors (Lipinski definition) is 1. The van der Waals surface area contributed by atoms with Crippen LogP contribution >= 0.6 is 0 Å². The van der Waals surface area contributed by atoms with Crippen LogP contribution in [-0.2, 0) is 28.7 Å². The maximum Gasteiger partial charge on any atom is 0.334 e. The summed E-state index contributed by atoms with van der Waals surface area (Å²) in [6.45, 7) is 3.23. The van der Waals surface area contributed by atoms with E-state index in [0.29, 0.717) is 0 Å². The third-order valence-electron chi connectivity index (χ3n) is 8.20. The van der Waals surface area contributed by atoms with E-state index in [-0.39, 0.29) is 17.7 Å². The lowest BCUT2D eigenvalue weighted by atomic mass is 9.42. The molecule has 0 aromatic heterocycles.